The molecule has 0 amide bonds. The molecule has 1 aromatic rings. The van der Waals surface area contributed by atoms with E-state index in [1.807, 2.05) is 12.3 Å². The van der Waals surface area contributed by atoms with Gasteiger partial charge in [-0.2, -0.15) is 5.10 Å². The van der Waals surface area contributed by atoms with E-state index in [2.05, 4.69) is 10.4 Å². The van der Waals surface area contributed by atoms with Gasteiger partial charge in [0.15, 0.2) is 0 Å². The van der Waals surface area contributed by atoms with Gasteiger partial charge in [-0.3, -0.25) is 4.68 Å². The fraction of sp³-hybridized carbons (Fsp3) is 0.727. The Morgan fingerprint density at radius 2 is 2.19 bits per heavy atom. The molecule has 0 aromatic carbocycles. The Kier molecular flexibility index (Phi) is 3.93. The summed E-state index contributed by atoms with van der Waals surface area (Å²) >= 11 is 0. The lowest BCUT2D eigenvalue weighted by Crippen LogP contribution is -2.35. The van der Waals surface area contributed by atoms with Gasteiger partial charge in [0.2, 0.25) is 0 Å². The predicted molar refractivity (Wildman–Crippen MR) is 59.8 cm³/mol. The molecule has 1 aromatic heterocycles. The van der Waals surface area contributed by atoms with E-state index in [1.54, 1.807) is 10.9 Å². The molecule has 5 heteroatoms. The van der Waals surface area contributed by atoms with Crippen molar-refractivity contribution in [3.63, 3.8) is 0 Å². The van der Waals surface area contributed by atoms with Crippen molar-refractivity contribution in [3.05, 3.63) is 18.5 Å². The van der Waals surface area contributed by atoms with Crippen molar-refractivity contribution in [2.45, 2.75) is 31.6 Å². The van der Waals surface area contributed by atoms with Crippen LogP contribution in [0, 0.1) is 5.92 Å². The van der Waals surface area contributed by atoms with Gasteiger partial charge in [-0.1, -0.05) is 0 Å². The molecule has 0 saturated heterocycles. The van der Waals surface area contributed by atoms with Crippen molar-refractivity contribution in [1.29, 1.82) is 0 Å². The van der Waals surface area contributed by atoms with Crippen LogP contribution in [0.25, 0.3) is 0 Å². The Morgan fingerprint density at radius 3 is 2.81 bits per heavy atom. The van der Waals surface area contributed by atoms with E-state index in [0.717, 1.165) is 12.8 Å². The lowest BCUT2D eigenvalue weighted by molar-refractivity contribution is 0.122. The predicted octanol–water partition coefficient (Wildman–Crippen LogP) is -0.396. The smallest absolute Gasteiger partial charge is 0.0860 e. The van der Waals surface area contributed by atoms with E-state index in [9.17, 15) is 10.2 Å². The summed E-state index contributed by atoms with van der Waals surface area (Å²) in [5.74, 6) is 0.482. The minimum absolute atomic E-state index is 0.253. The molecule has 0 bridgehead atoms. The number of hydrogen-bond acceptors (Lipinski definition) is 4. The van der Waals surface area contributed by atoms with Crippen LogP contribution in [0.2, 0.25) is 0 Å². The Bertz CT molecular complexity index is 298. The Balaban J connectivity index is 1.58. The summed E-state index contributed by atoms with van der Waals surface area (Å²) in [5, 5.41) is 26.4. The van der Waals surface area contributed by atoms with E-state index in [4.69, 9.17) is 0 Å². The highest BCUT2D eigenvalue weighted by atomic mass is 16.3. The lowest BCUT2D eigenvalue weighted by atomic mass is 10.2. The first-order valence-corrected chi connectivity index (χ1v) is 5.80. The monoisotopic (exact) mass is 225 g/mol. The molecule has 5 nitrogen and oxygen atoms in total. The van der Waals surface area contributed by atoms with E-state index < -0.39 is 6.10 Å². The topological polar surface area (TPSA) is 70.3 Å². The number of aliphatic hydroxyl groups excluding tert-OH is 2. The Hall–Kier alpha value is -0.910. The molecule has 1 fully saturated rings. The summed E-state index contributed by atoms with van der Waals surface area (Å²) in [6.07, 6.45) is 5.07. The number of nitrogens with one attached hydrogen (secondary N) is 1. The maximum Gasteiger partial charge on any atom is 0.0860 e. The first-order valence-electron chi connectivity index (χ1n) is 5.80. The largest absolute Gasteiger partial charge is 0.392 e. The lowest BCUT2D eigenvalue weighted by Gasteiger charge is -2.14. The zero-order chi connectivity index (χ0) is 11.4. The number of rotatable bonds is 7. The Labute approximate surface area is 95.1 Å². The average Bonchev–Trinajstić information content (AvgIpc) is 2.99. The van der Waals surface area contributed by atoms with Gasteiger partial charge in [-0.15, -0.1) is 0 Å². The standard InChI is InChI=1S/C11H19N3O2/c15-10(8-14-5-1-4-13-14)6-12-7-11(16)9-2-3-9/h1,4-5,9-12,15-16H,2-3,6-8H2. The highest BCUT2D eigenvalue weighted by Gasteiger charge is 2.29. The van der Waals surface area contributed by atoms with Crippen LogP contribution in [0.3, 0.4) is 0 Å². The maximum absolute atomic E-state index is 9.68. The minimum Gasteiger partial charge on any atom is -0.392 e. The third-order valence-electron chi connectivity index (χ3n) is 2.86. The molecule has 0 aliphatic heterocycles. The zero-order valence-corrected chi connectivity index (χ0v) is 9.29. The third-order valence-corrected chi connectivity index (χ3v) is 2.86. The van der Waals surface area contributed by atoms with Gasteiger partial charge in [-0.25, -0.2) is 0 Å². The van der Waals surface area contributed by atoms with Crippen molar-refractivity contribution in [1.82, 2.24) is 15.1 Å². The number of nitrogens with zero attached hydrogens (tertiary/aromatic N) is 2. The molecule has 1 aliphatic carbocycles. The van der Waals surface area contributed by atoms with Crippen LogP contribution >= 0.6 is 0 Å². The van der Waals surface area contributed by atoms with Gasteiger partial charge < -0.3 is 15.5 Å². The zero-order valence-electron chi connectivity index (χ0n) is 9.29. The molecule has 1 heterocycles. The van der Waals surface area contributed by atoms with Crippen LogP contribution in [0.1, 0.15) is 12.8 Å². The summed E-state index contributed by atoms with van der Waals surface area (Å²) < 4.78 is 1.70. The molecule has 2 rings (SSSR count). The van der Waals surface area contributed by atoms with Crippen molar-refractivity contribution in [3.8, 4) is 0 Å². The summed E-state index contributed by atoms with van der Waals surface area (Å²) in [4.78, 5) is 0. The first kappa shape index (κ1) is 11.6. The molecular weight excluding hydrogens is 206 g/mol. The highest BCUT2D eigenvalue weighted by molar-refractivity contribution is 4.82. The summed E-state index contributed by atoms with van der Waals surface area (Å²) in [7, 11) is 0. The number of hydrogen-bond donors (Lipinski definition) is 3. The van der Waals surface area contributed by atoms with Crippen LogP contribution in [-0.2, 0) is 6.54 Å². The van der Waals surface area contributed by atoms with Gasteiger partial charge in [-0.05, 0) is 24.8 Å². The number of aliphatic hydroxyl groups is 2. The highest BCUT2D eigenvalue weighted by Crippen LogP contribution is 2.32. The first-order chi connectivity index (χ1) is 7.75. The van der Waals surface area contributed by atoms with Gasteiger partial charge >= 0.3 is 0 Å². The van der Waals surface area contributed by atoms with Crippen LogP contribution in [0.4, 0.5) is 0 Å². The molecule has 3 N–H and O–H groups in total. The van der Waals surface area contributed by atoms with Crippen LogP contribution in [-0.4, -0.2) is 45.3 Å². The fourth-order valence-electron chi connectivity index (χ4n) is 1.73. The summed E-state index contributed by atoms with van der Waals surface area (Å²) in [5.41, 5.74) is 0. The van der Waals surface area contributed by atoms with Gasteiger partial charge in [0.1, 0.15) is 0 Å². The molecule has 0 radical (unpaired) electrons. The van der Waals surface area contributed by atoms with Gasteiger partial charge in [0.25, 0.3) is 0 Å². The van der Waals surface area contributed by atoms with Crippen molar-refractivity contribution >= 4 is 0 Å². The minimum atomic E-state index is -0.466. The molecule has 2 unspecified atom stereocenters. The molecule has 1 saturated carbocycles. The van der Waals surface area contributed by atoms with Gasteiger partial charge in [0.05, 0.1) is 18.8 Å². The van der Waals surface area contributed by atoms with Crippen molar-refractivity contribution in [2.75, 3.05) is 13.1 Å². The molecular formula is C11H19N3O2. The van der Waals surface area contributed by atoms with Crippen LogP contribution < -0.4 is 5.32 Å². The fourth-order valence-corrected chi connectivity index (χ4v) is 1.73. The quantitative estimate of drug-likeness (QED) is 0.591. The van der Waals surface area contributed by atoms with Crippen LogP contribution in [0.5, 0.6) is 0 Å². The average molecular weight is 225 g/mol. The summed E-state index contributed by atoms with van der Waals surface area (Å²) in [6.45, 7) is 1.55. The van der Waals surface area contributed by atoms with Gasteiger partial charge in [0, 0.05) is 25.5 Å². The Morgan fingerprint density at radius 1 is 1.38 bits per heavy atom. The normalized spacial score (nSPS) is 19.6. The van der Waals surface area contributed by atoms with E-state index in [-0.39, 0.29) is 6.10 Å². The molecule has 2 atom stereocenters. The second-order valence-electron chi connectivity index (χ2n) is 4.44. The number of aromatic nitrogens is 2. The molecule has 90 valence electrons. The van der Waals surface area contributed by atoms with Crippen LogP contribution in [0.15, 0.2) is 18.5 Å². The second kappa shape index (κ2) is 5.43. The summed E-state index contributed by atoms with van der Waals surface area (Å²) in [6, 6.07) is 1.83. The SMILES string of the molecule is OC(CNCC(O)C1CC1)Cn1cccn1. The van der Waals surface area contributed by atoms with E-state index >= 15 is 0 Å². The van der Waals surface area contributed by atoms with Crippen molar-refractivity contribution in [2.24, 2.45) is 5.92 Å². The molecule has 0 spiro atoms. The van der Waals surface area contributed by atoms with Crippen molar-refractivity contribution < 1.29 is 10.2 Å². The third kappa shape index (κ3) is 3.59. The second-order valence-corrected chi connectivity index (χ2v) is 4.44. The maximum atomic E-state index is 9.68. The van der Waals surface area contributed by atoms with E-state index in [0.29, 0.717) is 25.6 Å². The molecule has 16 heavy (non-hydrogen) atoms. The van der Waals surface area contributed by atoms with E-state index in [1.165, 1.54) is 0 Å². The molecule has 1 aliphatic rings.